The molecule has 0 aromatic heterocycles. The molecule has 1 rings (SSSR count). The third-order valence-corrected chi connectivity index (χ3v) is 5.09. The first-order valence-corrected chi connectivity index (χ1v) is 8.44. The van der Waals surface area contributed by atoms with E-state index in [0.717, 1.165) is 12.8 Å². The molecule has 1 atom stereocenters. The number of rotatable bonds is 5. The molecule has 8 nitrogen and oxygen atoms in total. The molecule has 2 amide bonds. The minimum Gasteiger partial charge on any atom is -0.480 e. The number of sulfonamides is 1. The minimum atomic E-state index is -3.40. The predicted octanol–water partition coefficient (Wildman–Crippen LogP) is -0.180. The number of carboxylic acid groups (broad SMARTS) is 1. The van der Waals surface area contributed by atoms with Gasteiger partial charge in [0.2, 0.25) is 10.0 Å². The van der Waals surface area contributed by atoms with Crippen molar-refractivity contribution in [3.63, 3.8) is 0 Å². The molecule has 9 heteroatoms. The Morgan fingerprint density at radius 2 is 2.00 bits per heavy atom. The molecule has 0 bridgehead atoms. The van der Waals surface area contributed by atoms with Gasteiger partial charge in [-0.1, -0.05) is 13.8 Å². The van der Waals surface area contributed by atoms with Crippen LogP contribution < -0.4 is 10.0 Å². The Balaban J connectivity index is 2.69. The van der Waals surface area contributed by atoms with E-state index in [0.29, 0.717) is 6.54 Å². The normalized spacial score (nSPS) is 21.9. The second kappa shape index (κ2) is 6.61. The number of nitrogens with zero attached hydrogens (tertiary/aromatic N) is 1. The molecule has 1 saturated heterocycles. The molecule has 3 N–H and O–H groups in total. The first kappa shape index (κ1) is 17.7. The number of aliphatic carboxylic acids is 1. The lowest BCUT2D eigenvalue weighted by molar-refractivity contribution is -0.148. The van der Waals surface area contributed by atoms with Crippen LogP contribution in [0.4, 0.5) is 4.79 Å². The van der Waals surface area contributed by atoms with Crippen molar-refractivity contribution in [2.45, 2.75) is 32.7 Å². The fourth-order valence-corrected chi connectivity index (χ4v) is 3.15. The monoisotopic (exact) mass is 321 g/mol. The van der Waals surface area contributed by atoms with Crippen molar-refractivity contribution in [1.29, 1.82) is 0 Å². The third kappa shape index (κ3) is 4.57. The number of carbonyl (C=O) groups is 2. The number of hydrogen-bond donors (Lipinski definition) is 3. The molecule has 0 saturated carbocycles. The van der Waals surface area contributed by atoms with Crippen molar-refractivity contribution in [2.75, 3.05) is 25.9 Å². The molecule has 1 fully saturated rings. The first-order valence-electron chi connectivity index (χ1n) is 6.79. The molecule has 1 unspecified atom stereocenters. The van der Waals surface area contributed by atoms with Crippen LogP contribution in [-0.4, -0.2) is 62.4 Å². The highest BCUT2D eigenvalue weighted by Gasteiger charge is 2.44. The number of urea groups is 1. The Kier molecular flexibility index (Phi) is 5.57. The minimum absolute atomic E-state index is 0.0642. The van der Waals surface area contributed by atoms with Gasteiger partial charge < -0.3 is 15.3 Å². The zero-order chi connectivity index (χ0) is 16.3. The number of likely N-dealkylation sites (tertiary alicyclic amines) is 1. The van der Waals surface area contributed by atoms with Crippen molar-refractivity contribution >= 4 is 22.0 Å². The largest absolute Gasteiger partial charge is 0.480 e. The molecule has 0 aromatic carbocycles. The Morgan fingerprint density at radius 3 is 2.52 bits per heavy atom. The van der Waals surface area contributed by atoms with Gasteiger partial charge >= 0.3 is 12.0 Å². The molecule has 0 aromatic rings. The van der Waals surface area contributed by atoms with Gasteiger partial charge in [0.25, 0.3) is 0 Å². The lowest BCUT2D eigenvalue weighted by atomic mass is 9.76. The van der Waals surface area contributed by atoms with Crippen LogP contribution in [0.25, 0.3) is 0 Å². The van der Waals surface area contributed by atoms with Crippen LogP contribution in [0.5, 0.6) is 0 Å². The van der Waals surface area contributed by atoms with E-state index in [4.69, 9.17) is 0 Å². The summed E-state index contributed by atoms with van der Waals surface area (Å²) < 4.78 is 24.7. The van der Waals surface area contributed by atoms with E-state index in [2.05, 4.69) is 10.0 Å². The van der Waals surface area contributed by atoms with Crippen molar-refractivity contribution in [2.24, 2.45) is 5.41 Å². The number of amides is 2. The second-order valence-corrected chi connectivity index (χ2v) is 7.83. The van der Waals surface area contributed by atoms with Crippen LogP contribution in [0.1, 0.15) is 26.7 Å². The van der Waals surface area contributed by atoms with Gasteiger partial charge in [-0.3, -0.25) is 0 Å². The highest BCUT2D eigenvalue weighted by molar-refractivity contribution is 7.89. The standard InChI is InChI=1S/C12H23N3O5S/c1-12(2)5-4-7-15(9(12)10(16)17)11(18)14-6-8-21(19,20)13-3/h9,13H,4-8H2,1-3H3,(H,14,18)(H,16,17). The number of hydrogen-bond acceptors (Lipinski definition) is 4. The van der Waals surface area contributed by atoms with Crippen LogP contribution in [0.15, 0.2) is 0 Å². The number of carbonyl (C=O) groups excluding carboxylic acids is 1. The van der Waals surface area contributed by atoms with Crippen molar-refractivity contribution in [3.8, 4) is 0 Å². The van der Waals surface area contributed by atoms with Gasteiger partial charge in [0.15, 0.2) is 0 Å². The maximum absolute atomic E-state index is 12.1. The van der Waals surface area contributed by atoms with Gasteiger partial charge in [0, 0.05) is 13.1 Å². The lowest BCUT2D eigenvalue weighted by Crippen LogP contribution is -2.59. The highest BCUT2D eigenvalue weighted by atomic mass is 32.2. The topological polar surface area (TPSA) is 116 Å². The average Bonchev–Trinajstić information content (AvgIpc) is 2.36. The summed E-state index contributed by atoms with van der Waals surface area (Å²) >= 11 is 0. The quantitative estimate of drug-likeness (QED) is 0.649. The summed E-state index contributed by atoms with van der Waals surface area (Å²) in [6, 6.07) is -1.45. The van der Waals surface area contributed by atoms with Gasteiger partial charge in [0.05, 0.1) is 5.75 Å². The van der Waals surface area contributed by atoms with Crippen LogP contribution in [0, 0.1) is 5.41 Å². The van der Waals surface area contributed by atoms with Gasteiger partial charge in [-0.2, -0.15) is 0 Å². The maximum atomic E-state index is 12.1. The molecule has 122 valence electrons. The highest BCUT2D eigenvalue weighted by Crippen LogP contribution is 2.35. The molecular formula is C12H23N3O5S. The summed E-state index contributed by atoms with van der Waals surface area (Å²) in [6.07, 6.45) is 1.45. The lowest BCUT2D eigenvalue weighted by Gasteiger charge is -2.43. The average molecular weight is 321 g/mol. The first-order chi connectivity index (χ1) is 9.60. The van der Waals surface area contributed by atoms with E-state index in [1.165, 1.54) is 11.9 Å². The van der Waals surface area contributed by atoms with Gasteiger partial charge in [0.1, 0.15) is 6.04 Å². The predicted molar refractivity (Wildman–Crippen MR) is 77.4 cm³/mol. The zero-order valence-corrected chi connectivity index (χ0v) is 13.4. The molecule has 0 spiro atoms. The van der Waals surface area contributed by atoms with Crippen LogP contribution in [-0.2, 0) is 14.8 Å². The molecule has 21 heavy (non-hydrogen) atoms. The Bertz CT molecular complexity index is 503. The van der Waals surface area contributed by atoms with E-state index >= 15 is 0 Å². The fourth-order valence-electron chi connectivity index (χ4n) is 2.58. The van der Waals surface area contributed by atoms with E-state index in [1.807, 2.05) is 13.8 Å². The van der Waals surface area contributed by atoms with Gasteiger partial charge in [-0.05, 0) is 25.3 Å². The SMILES string of the molecule is CNS(=O)(=O)CCNC(=O)N1CCCC(C)(C)C1C(=O)O. The summed E-state index contributed by atoms with van der Waals surface area (Å²) in [5.41, 5.74) is -0.515. The summed E-state index contributed by atoms with van der Waals surface area (Å²) in [5.74, 6) is -1.29. The van der Waals surface area contributed by atoms with Crippen LogP contribution in [0.2, 0.25) is 0 Å². The smallest absolute Gasteiger partial charge is 0.327 e. The second-order valence-electron chi connectivity index (χ2n) is 5.78. The van der Waals surface area contributed by atoms with Crippen LogP contribution >= 0.6 is 0 Å². The zero-order valence-electron chi connectivity index (χ0n) is 12.5. The summed E-state index contributed by atoms with van der Waals surface area (Å²) in [7, 11) is -2.10. The van der Waals surface area contributed by atoms with E-state index in [1.54, 1.807) is 0 Å². The van der Waals surface area contributed by atoms with Crippen LogP contribution in [0.3, 0.4) is 0 Å². The van der Waals surface area contributed by atoms with Crippen molar-refractivity contribution in [3.05, 3.63) is 0 Å². The van der Waals surface area contributed by atoms with E-state index in [-0.39, 0.29) is 12.3 Å². The molecule has 1 heterocycles. The third-order valence-electron chi connectivity index (χ3n) is 3.72. The van der Waals surface area contributed by atoms with Crippen molar-refractivity contribution in [1.82, 2.24) is 14.9 Å². The molecule has 1 aliphatic heterocycles. The number of carboxylic acids is 1. The molecule has 1 aliphatic rings. The van der Waals surface area contributed by atoms with Gasteiger partial charge in [-0.25, -0.2) is 22.7 Å². The fraction of sp³-hybridized carbons (Fsp3) is 0.833. The summed E-state index contributed by atoms with van der Waals surface area (Å²) in [4.78, 5) is 24.8. The Labute approximate surface area is 124 Å². The molecule has 0 aliphatic carbocycles. The van der Waals surface area contributed by atoms with E-state index < -0.39 is 33.5 Å². The Morgan fingerprint density at radius 1 is 1.38 bits per heavy atom. The number of piperidine rings is 1. The number of nitrogens with one attached hydrogen (secondary N) is 2. The summed E-state index contributed by atoms with van der Waals surface area (Å²) in [5, 5.41) is 11.8. The summed E-state index contributed by atoms with van der Waals surface area (Å²) in [6.45, 7) is 3.92. The molecular weight excluding hydrogens is 298 g/mol. The molecule has 0 radical (unpaired) electrons. The Hall–Kier alpha value is -1.35. The maximum Gasteiger partial charge on any atom is 0.327 e. The van der Waals surface area contributed by atoms with E-state index in [9.17, 15) is 23.1 Å². The van der Waals surface area contributed by atoms with Crippen molar-refractivity contribution < 1.29 is 23.1 Å². The van der Waals surface area contributed by atoms with Gasteiger partial charge in [-0.15, -0.1) is 0 Å².